The molecule has 3 aliphatic rings. The van der Waals surface area contributed by atoms with Gasteiger partial charge in [-0.25, -0.2) is 4.90 Å². The lowest BCUT2D eigenvalue weighted by atomic mass is 9.64. The number of imide groups is 1. The molecule has 0 N–H and O–H groups in total. The van der Waals surface area contributed by atoms with Gasteiger partial charge in [0, 0.05) is 11.5 Å². The Kier molecular flexibility index (Phi) is 4.98. The quantitative estimate of drug-likeness (QED) is 0.214. The molecule has 4 aromatic carbocycles. The van der Waals surface area contributed by atoms with Gasteiger partial charge in [0.1, 0.15) is 11.5 Å². The largest absolute Gasteiger partial charge is 0.497 e. The normalized spacial score (nSPS) is 23.9. The van der Waals surface area contributed by atoms with Crippen LogP contribution in [0.3, 0.4) is 0 Å². The smallest absolute Gasteiger partial charge is 0.319 e. The Morgan fingerprint density at radius 3 is 2.24 bits per heavy atom. The van der Waals surface area contributed by atoms with Crippen molar-refractivity contribution in [1.29, 1.82) is 0 Å². The summed E-state index contributed by atoms with van der Waals surface area (Å²) in [6, 6.07) is 28.1. The van der Waals surface area contributed by atoms with E-state index in [4.69, 9.17) is 9.47 Å². The molecule has 2 heterocycles. The molecule has 4 atom stereocenters. The molecule has 4 aromatic rings. The number of allylic oxidation sites excluding steroid dienone is 1. The maximum atomic E-state index is 14.1. The molecule has 6 nitrogen and oxygen atoms in total. The van der Waals surface area contributed by atoms with E-state index >= 15 is 0 Å². The third-order valence-corrected chi connectivity index (χ3v) is 8.00. The Hall–Kier alpha value is -4.71. The monoisotopic (exact) mass is 501 g/mol. The second-order valence-corrected chi connectivity index (χ2v) is 9.88. The van der Waals surface area contributed by atoms with Crippen molar-refractivity contribution >= 4 is 39.8 Å². The van der Waals surface area contributed by atoms with Gasteiger partial charge in [-0.2, -0.15) is 0 Å². The van der Waals surface area contributed by atoms with E-state index in [2.05, 4.69) is 0 Å². The van der Waals surface area contributed by atoms with Crippen LogP contribution in [0.4, 0.5) is 5.69 Å². The van der Waals surface area contributed by atoms with Crippen LogP contribution < -0.4 is 14.4 Å². The van der Waals surface area contributed by atoms with Gasteiger partial charge in [-0.3, -0.25) is 14.4 Å². The molecule has 0 aromatic heterocycles. The van der Waals surface area contributed by atoms with E-state index in [0.717, 1.165) is 27.5 Å². The highest BCUT2D eigenvalue weighted by Crippen LogP contribution is 2.55. The number of methoxy groups -OCH3 is 1. The fourth-order valence-corrected chi connectivity index (χ4v) is 6.31. The van der Waals surface area contributed by atoms with E-state index in [-0.39, 0.29) is 11.8 Å². The predicted octanol–water partition coefficient (Wildman–Crippen LogP) is 5.37. The molecular formula is C32H23NO5. The SMILES string of the molecule is COc1ccc([C@@H]2C=C3c4c(ccc5ccccc45)OC(=O)[C@@H]3[C@@H]3C(=O)N(c4ccccc4)C(=O)[C@@H]32)cc1. The Labute approximate surface area is 219 Å². The summed E-state index contributed by atoms with van der Waals surface area (Å²) in [4.78, 5) is 42.8. The second-order valence-electron chi connectivity index (χ2n) is 9.88. The number of esters is 1. The molecule has 2 aliphatic heterocycles. The first-order valence-corrected chi connectivity index (χ1v) is 12.6. The molecule has 1 aliphatic carbocycles. The van der Waals surface area contributed by atoms with Gasteiger partial charge in [0.05, 0.1) is 30.6 Å². The number of benzene rings is 4. The minimum atomic E-state index is -0.880. The number of hydrogen-bond acceptors (Lipinski definition) is 5. The highest BCUT2D eigenvalue weighted by atomic mass is 16.5. The summed E-state index contributed by atoms with van der Waals surface area (Å²) >= 11 is 0. The third kappa shape index (κ3) is 3.16. The zero-order valence-corrected chi connectivity index (χ0v) is 20.5. The second kappa shape index (κ2) is 8.42. The van der Waals surface area contributed by atoms with E-state index in [9.17, 15) is 14.4 Å². The van der Waals surface area contributed by atoms with Crippen molar-refractivity contribution in [2.45, 2.75) is 5.92 Å². The fourth-order valence-electron chi connectivity index (χ4n) is 6.31. The number of nitrogens with zero attached hydrogens (tertiary/aromatic N) is 1. The van der Waals surface area contributed by atoms with E-state index in [1.54, 1.807) is 37.4 Å². The molecule has 0 unspecified atom stereocenters. The van der Waals surface area contributed by atoms with E-state index in [1.165, 1.54) is 4.90 Å². The molecule has 0 bridgehead atoms. The van der Waals surface area contributed by atoms with Crippen LogP contribution in [-0.4, -0.2) is 24.9 Å². The summed E-state index contributed by atoms with van der Waals surface area (Å²) in [6.07, 6.45) is 2.01. The van der Waals surface area contributed by atoms with Crippen molar-refractivity contribution in [1.82, 2.24) is 0 Å². The average Bonchev–Trinajstić information content (AvgIpc) is 3.22. The molecule has 0 saturated carbocycles. The fraction of sp³-hybridized carbons (Fsp3) is 0.156. The number of hydrogen-bond donors (Lipinski definition) is 0. The van der Waals surface area contributed by atoms with Crippen molar-refractivity contribution in [3.63, 3.8) is 0 Å². The summed E-state index contributed by atoms with van der Waals surface area (Å²) in [7, 11) is 1.60. The van der Waals surface area contributed by atoms with Gasteiger partial charge >= 0.3 is 5.97 Å². The molecular weight excluding hydrogens is 478 g/mol. The van der Waals surface area contributed by atoms with Crippen LogP contribution in [0, 0.1) is 17.8 Å². The zero-order valence-electron chi connectivity index (χ0n) is 20.5. The molecule has 38 heavy (non-hydrogen) atoms. The van der Waals surface area contributed by atoms with Crippen LogP contribution in [0.15, 0.2) is 97.1 Å². The Balaban J connectivity index is 1.47. The topological polar surface area (TPSA) is 72.9 Å². The van der Waals surface area contributed by atoms with Crippen molar-refractivity contribution in [3.8, 4) is 11.5 Å². The molecule has 186 valence electrons. The molecule has 1 fully saturated rings. The Bertz CT molecular complexity index is 1660. The van der Waals surface area contributed by atoms with E-state index in [1.807, 2.05) is 66.7 Å². The lowest BCUT2D eigenvalue weighted by Crippen LogP contribution is -2.42. The lowest BCUT2D eigenvalue weighted by molar-refractivity contribution is -0.142. The Morgan fingerprint density at radius 2 is 1.47 bits per heavy atom. The molecule has 7 rings (SSSR count). The minimum Gasteiger partial charge on any atom is -0.497 e. The van der Waals surface area contributed by atoms with Gasteiger partial charge in [0.25, 0.3) is 0 Å². The number of ether oxygens (including phenoxy) is 2. The third-order valence-electron chi connectivity index (χ3n) is 8.00. The maximum Gasteiger partial charge on any atom is 0.319 e. The highest BCUT2D eigenvalue weighted by molar-refractivity contribution is 6.25. The first-order valence-electron chi connectivity index (χ1n) is 12.6. The first-order chi connectivity index (χ1) is 18.6. The van der Waals surface area contributed by atoms with Crippen LogP contribution in [0.25, 0.3) is 16.3 Å². The van der Waals surface area contributed by atoms with Crippen molar-refractivity contribution in [2.24, 2.45) is 17.8 Å². The van der Waals surface area contributed by atoms with Crippen molar-refractivity contribution in [2.75, 3.05) is 12.0 Å². The van der Waals surface area contributed by atoms with Crippen LogP contribution in [0.2, 0.25) is 0 Å². The number of para-hydroxylation sites is 1. The number of anilines is 1. The summed E-state index contributed by atoms with van der Waals surface area (Å²) in [6.45, 7) is 0. The average molecular weight is 502 g/mol. The zero-order chi connectivity index (χ0) is 26.0. The number of carbonyl (C=O) groups excluding carboxylic acids is 3. The summed E-state index contributed by atoms with van der Waals surface area (Å²) in [5.74, 6) is -2.93. The number of rotatable bonds is 3. The standard InChI is InChI=1S/C32H23NO5/c1-37-21-14-11-19(12-15-21)23-17-24-26-22-10-6-5-7-18(22)13-16-25(26)38-32(36)28(24)29-27(23)30(34)33(31(29)35)20-8-3-2-4-9-20/h2-17,23,27-29H,1H3/t23-,27+,28-,29+/m0/s1. The van der Waals surface area contributed by atoms with Crippen LogP contribution >= 0.6 is 0 Å². The summed E-state index contributed by atoms with van der Waals surface area (Å²) in [5.41, 5.74) is 2.93. The number of amides is 2. The van der Waals surface area contributed by atoms with Gasteiger partial charge in [0.15, 0.2) is 0 Å². The van der Waals surface area contributed by atoms with Crippen LogP contribution in [0.5, 0.6) is 11.5 Å². The van der Waals surface area contributed by atoms with Crippen molar-refractivity contribution in [3.05, 3.63) is 108 Å². The number of carbonyl (C=O) groups is 3. The highest BCUT2D eigenvalue weighted by Gasteiger charge is 2.60. The molecule has 2 amide bonds. The molecule has 0 radical (unpaired) electrons. The number of fused-ring (bicyclic) bond motifs is 7. The van der Waals surface area contributed by atoms with Crippen LogP contribution in [0.1, 0.15) is 17.0 Å². The van der Waals surface area contributed by atoms with Crippen LogP contribution in [-0.2, 0) is 14.4 Å². The Morgan fingerprint density at radius 1 is 0.763 bits per heavy atom. The molecule has 0 spiro atoms. The predicted molar refractivity (Wildman–Crippen MR) is 143 cm³/mol. The summed E-state index contributed by atoms with van der Waals surface area (Å²) in [5, 5.41) is 1.95. The van der Waals surface area contributed by atoms with Gasteiger partial charge in [-0.1, -0.05) is 66.7 Å². The molecule has 1 saturated heterocycles. The van der Waals surface area contributed by atoms with Gasteiger partial charge in [0.2, 0.25) is 11.8 Å². The van der Waals surface area contributed by atoms with E-state index < -0.39 is 29.6 Å². The molecule has 6 heteroatoms. The van der Waals surface area contributed by atoms with E-state index in [0.29, 0.717) is 17.2 Å². The van der Waals surface area contributed by atoms with Crippen molar-refractivity contribution < 1.29 is 23.9 Å². The minimum absolute atomic E-state index is 0.307. The van der Waals surface area contributed by atoms with Gasteiger partial charge in [-0.15, -0.1) is 0 Å². The first kappa shape index (κ1) is 22.5. The van der Waals surface area contributed by atoms with Gasteiger partial charge in [-0.05, 0) is 52.2 Å². The maximum absolute atomic E-state index is 14.1. The summed E-state index contributed by atoms with van der Waals surface area (Å²) < 4.78 is 11.2. The van der Waals surface area contributed by atoms with Gasteiger partial charge < -0.3 is 9.47 Å². The lowest BCUT2D eigenvalue weighted by Gasteiger charge is -2.38.